The Hall–Kier alpha value is -1.07. The lowest BCUT2D eigenvalue weighted by Gasteiger charge is -2.26. The first kappa shape index (κ1) is 16.3. The molecule has 0 saturated carbocycles. The quantitative estimate of drug-likeness (QED) is 0.902. The van der Waals surface area contributed by atoms with Gasteiger partial charge in [0.15, 0.2) is 9.84 Å². The molecule has 21 heavy (non-hydrogen) atoms. The van der Waals surface area contributed by atoms with E-state index in [-0.39, 0.29) is 17.8 Å². The van der Waals surface area contributed by atoms with E-state index < -0.39 is 9.84 Å². The molecular weight excluding hydrogens is 284 g/mol. The molecule has 1 aromatic rings. The second kappa shape index (κ2) is 6.36. The first-order valence-electron chi connectivity index (χ1n) is 7.60. The fourth-order valence-corrected chi connectivity index (χ4v) is 4.62. The average Bonchev–Trinajstić information content (AvgIpc) is 2.80. The van der Waals surface area contributed by atoms with Gasteiger partial charge in [0.2, 0.25) is 0 Å². The maximum absolute atomic E-state index is 11.6. The molecule has 2 rings (SSSR count). The van der Waals surface area contributed by atoms with Gasteiger partial charge in [-0.25, -0.2) is 8.42 Å². The zero-order valence-corrected chi connectivity index (χ0v) is 14.0. The number of aryl methyl sites for hydroxylation is 1. The molecule has 1 fully saturated rings. The molecule has 5 heteroatoms. The summed E-state index contributed by atoms with van der Waals surface area (Å²) in [5.74, 6) is 0.579. The normalized spacial score (nSPS) is 22.2. The molecule has 2 N–H and O–H groups in total. The molecule has 0 spiro atoms. The third-order valence-corrected chi connectivity index (χ3v) is 6.25. The van der Waals surface area contributed by atoms with Gasteiger partial charge in [-0.1, -0.05) is 13.0 Å². The number of sulfone groups is 1. The number of rotatable bonds is 5. The van der Waals surface area contributed by atoms with Gasteiger partial charge in [-0.2, -0.15) is 0 Å². The molecule has 0 radical (unpaired) electrons. The molecule has 1 heterocycles. The Labute approximate surface area is 128 Å². The predicted molar refractivity (Wildman–Crippen MR) is 88.6 cm³/mol. The molecule has 2 unspecified atom stereocenters. The number of hydrogen-bond donors (Lipinski definition) is 1. The van der Waals surface area contributed by atoms with Crippen molar-refractivity contribution in [2.75, 3.05) is 23.5 Å². The Morgan fingerprint density at radius 1 is 1.43 bits per heavy atom. The van der Waals surface area contributed by atoms with Crippen molar-refractivity contribution < 1.29 is 8.42 Å². The summed E-state index contributed by atoms with van der Waals surface area (Å²) in [6.45, 7) is 4.20. The van der Waals surface area contributed by atoms with Crippen LogP contribution in [-0.4, -0.2) is 39.1 Å². The molecule has 0 amide bonds. The molecule has 1 aliphatic heterocycles. The van der Waals surface area contributed by atoms with Gasteiger partial charge in [0.05, 0.1) is 11.5 Å². The Kier molecular flexibility index (Phi) is 4.94. The lowest BCUT2D eigenvalue weighted by molar-refractivity contribution is 0.601. The Bertz CT molecular complexity index is 598. The van der Waals surface area contributed by atoms with Gasteiger partial charge in [0, 0.05) is 24.8 Å². The van der Waals surface area contributed by atoms with Gasteiger partial charge in [-0.05, 0) is 49.4 Å². The van der Waals surface area contributed by atoms with Crippen molar-refractivity contribution in [3.63, 3.8) is 0 Å². The summed E-state index contributed by atoms with van der Waals surface area (Å²) in [5, 5.41) is 0. The van der Waals surface area contributed by atoms with Crippen LogP contribution in [0.3, 0.4) is 0 Å². The molecule has 1 saturated heterocycles. The van der Waals surface area contributed by atoms with E-state index >= 15 is 0 Å². The maximum Gasteiger partial charge on any atom is 0.152 e. The van der Waals surface area contributed by atoms with Crippen molar-refractivity contribution in [3.05, 3.63) is 29.3 Å². The van der Waals surface area contributed by atoms with Crippen molar-refractivity contribution >= 4 is 15.5 Å². The van der Waals surface area contributed by atoms with Gasteiger partial charge in [0.1, 0.15) is 0 Å². The van der Waals surface area contributed by atoms with E-state index in [1.54, 1.807) is 0 Å². The molecule has 0 aliphatic carbocycles. The van der Waals surface area contributed by atoms with Crippen LogP contribution in [0.1, 0.15) is 30.9 Å². The summed E-state index contributed by atoms with van der Waals surface area (Å²) in [6, 6.07) is 6.64. The lowest BCUT2D eigenvalue weighted by atomic mass is 9.99. The first-order chi connectivity index (χ1) is 9.82. The van der Waals surface area contributed by atoms with Crippen molar-refractivity contribution in [3.8, 4) is 0 Å². The smallest absolute Gasteiger partial charge is 0.152 e. The highest BCUT2D eigenvalue weighted by molar-refractivity contribution is 7.91. The summed E-state index contributed by atoms with van der Waals surface area (Å²) in [7, 11) is -0.860. The van der Waals surface area contributed by atoms with E-state index in [4.69, 9.17) is 5.73 Å². The Morgan fingerprint density at radius 2 is 2.14 bits per heavy atom. The average molecular weight is 310 g/mol. The zero-order valence-electron chi connectivity index (χ0n) is 13.2. The van der Waals surface area contributed by atoms with Crippen LogP contribution in [-0.2, 0) is 16.3 Å². The third-order valence-electron chi connectivity index (χ3n) is 4.50. The van der Waals surface area contributed by atoms with Crippen LogP contribution >= 0.6 is 0 Å². The predicted octanol–water partition coefficient (Wildman–Crippen LogP) is 1.90. The van der Waals surface area contributed by atoms with E-state index in [1.165, 1.54) is 11.1 Å². The van der Waals surface area contributed by atoms with Crippen molar-refractivity contribution in [1.82, 2.24) is 0 Å². The molecule has 0 bridgehead atoms. The summed E-state index contributed by atoms with van der Waals surface area (Å²) in [6.07, 6.45) is 2.59. The molecule has 2 atom stereocenters. The molecule has 118 valence electrons. The van der Waals surface area contributed by atoms with E-state index in [2.05, 4.69) is 36.9 Å². The summed E-state index contributed by atoms with van der Waals surface area (Å²) in [4.78, 5) is 2.10. The van der Waals surface area contributed by atoms with Crippen molar-refractivity contribution in [2.45, 2.75) is 45.2 Å². The van der Waals surface area contributed by atoms with Crippen LogP contribution in [0.4, 0.5) is 5.69 Å². The standard InChI is InChI=1S/C16H26N2O2S/c1-4-14(17)10-13-5-6-15(9-12(13)2)18(3)16-7-8-21(19,20)11-16/h5-6,9,14,16H,4,7-8,10-11,17H2,1-3H3. The number of hydrogen-bond acceptors (Lipinski definition) is 4. The van der Waals surface area contributed by atoms with E-state index in [0.717, 1.165) is 24.9 Å². The SMILES string of the molecule is CCC(N)Cc1ccc(N(C)C2CCS(=O)(=O)C2)cc1C. The van der Waals surface area contributed by atoms with Gasteiger partial charge in [0.25, 0.3) is 0 Å². The number of anilines is 1. The number of nitrogens with zero attached hydrogens (tertiary/aromatic N) is 1. The monoisotopic (exact) mass is 310 g/mol. The van der Waals surface area contributed by atoms with Crippen LogP contribution in [0.15, 0.2) is 18.2 Å². The van der Waals surface area contributed by atoms with Crippen LogP contribution in [0.5, 0.6) is 0 Å². The minimum Gasteiger partial charge on any atom is -0.371 e. The number of benzene rings is 1. The summed E-state index contributed by atoms with van der Waals surface area (Å²) >= 11 is 0. The van der Waals surface area contributed by atoms with Gasteiger partial charge in [-0.3, -0.25) is 0 Å². The Balaban J connectivity index is 2.12. The largest absolute Gasteiger partial charge is 0.371 e. The third kappa shape index (κ3) is 3.98. The van der Waals surface area contributed by atoms with E-state index in [9.17, 15) is 8.42 Å². The Morgan fingerprint density at radius 3 is 2.67 bits per heavy atom. The van der Waals surface area contributed by atoms with Gasteiger partial charge < -0.3 is 10.6 Å². The van der Waals surface area contributed by atoms with Crippen LogP contribution in [0.25, 0.3) is 0 Å². The fourth-order valence-electron chi connectivity index (χ4n) is 2.85. The van der Waals surface area contributed by atoms with E-state index in [0.29, 0.717) is 5.75 Å². The second-order valence-corrected chi connectivity index (χ2v) is 8.38. The fraction of sp³-hybridized carbons (Fsp3) is 0.625. The molecule has 4 nitrogen and oxygen atoms in total. The second-order valence-electron chi connectivity index (χ2n) is 6.15. The highest BCUT2D eigenvalue weighted by atomic mass is 32.2. The van der Waals surface area contributed by atoms with Crippen molar-refractivity contribution in [1.29, 1.82) is 0 Å². The van der Waals surface area contributed by atoms with Crippen LogP contribution in [0.2, 0.25) is 0 Å². The number of nitrogens with two attached hydrogens (primary N) is 1. The highest BCUT2D eigenvalue weighted by Crippen LogP contribution is 2.25. The highest BCUT2D eigenvalue weighted by Gasteiger charge is 2.30. The summed E-state index contributed by atoms with van der Waals surface area (Å²) in [5.41, 5.74) is 9.61. The van der Waals surface area contributed by atoms with Crippen molar-refractivity contribution in [2.24, 2.45) is 5.73 Å². The maximum atomic E-state index is 11.6. The lowest BCUT2D eigenvalue weighted by Crippen LogP contribution is -2.32. The minimum absolute atomic E-state index is 0.0955. The topological polar surface area (TPSA) is 63.4 Å². The zero-order chi connectivity index (χ0) is 15.6. The molecular formula is C16H26N2O2S. The molecule has 1 aromatic carbocycles. The van der Waals surface area contributed by atoms with Gasteiger partial charge >= 0.3 is 0 Å². The van der Waals surface area contributed by atoms with Crippen LogP contribution in [0, 0.1) is 6.92 Å². The molecule has 1 aliphatic rings. The first-order valence-corrected chi connectivity index (χ1v) is 9.43. The molecule has 0 aromatic heterocycles. The van der Waals surface area contributed by atoms with Gasteiger partial charge in [-0.15, -0.1) is 0 Å². The van der Waals surface area contributed by atoms with E-state index in [1.807, 2.05) is 7.05 Å². The minimum atomic E-state index is -2.84. The van der Waals surface area contributed by atoms with Crippen LogP contribution < -0.4 is 10.6 Å². The summed E-state index contributed by atoms with van der Waals surface area (Å²) < 4.78 is 23.2.